The van der Waals surface area contributed by atoms with Crippen LogP contribution in [0.4, 0.5) is 11.4 Å². The molecule has 0 saturated heterocycles. The zero-order valence-corrected chi connectivity index (χ0v) is 13.5. The van der Waals surface area contributed by atoms with E-state index < -0.39 is 0 Å². The molecule has 1 amide bonds. The second-order valence-corrected chi connectivity index (χ2v) is 5.48. The number of amides is 1. The molecule has 0 atom stereocenters. The molecule has 0 aliphatic rings. The van der Waals surface area contributed by atoms with E-state index in [9.17, 15) is 4.79 Å². The van der Waals surface area contributed by atoms with Crippen molar-refractivity contribution >= 4 is 33.2 Å². The summed E-state index contributed by atoms with van der Waals surface area (Å²) in [5, 5.41) is 2.82. The molecule has 0 heterocycles. The van der Waals surface area contributed by atoms with E-state index in [2.05, 4.69) is 21.2 Å². The fourth-order valence-corrected chi connectivity index (χ4v) is 2.64. The summed E-state index contributed by atoms with van der Waals surface area (Å²) < 4.78 is 6.11. The van der Waals surface area contributed by atoms with Gasteiger partial charge in [0.25, 0.3) is 5.91 Å². The lowest BCUT2D eigenvalue weighted by molar-refractivity contribution is 0.102. The van der Waals surface area contributed by atoms with Crippen molar-refractivity contribution in [2.75, 3.05) is 17.7 Å². The summed E-state index contributed by atoms with van der Waals surface area (Å²) in [6, 6.07) is 10.7. The summed E-state index contributed by atoms with van der Waals surface area (Å²) >= 11 is 3.42. The number of anilines is 2. The molecule has 2 rings (SSSR count). The van der Waals surface area contributed by atoms with Gasteiger partial charge in [0.15, 0.2) is 0 Å². The van der Waals surface area contributed by atoms with Crippen LogP contribution in [-0.4, -0.2) is 12.5 Å². The standard InChI is InChI=1S/C16H17BrN2O2/c1-3-21-12-6-4-11(5-7-12)16(20)19-15-13(17)8-10(2)9-14(15)18/h4-9H,3,18H2,1-2H3,(H,19,20). The van der Waals surface area contributed by atoms with Crippen LogP contribution in [0, 0.1) is 6.92 Å². The Bertz CT molecular complexity index is 631. The predicted molar refractivity (Wildman–Crippen MR) is 88.9 cm³/mol. The van der Waals surface area contributed by atoms with Crippen LogP contribution in [0.5, 0.6) is 5.75 Å². The molecule has 5 heteroatoms. The molecule has 0 bridgehead atoms. The molecule has 0 fully saturated rings. The first-order chi connectivity index (χ1) is 10.0. The van der Waals surface area contributed by atoms with Gasteiger partial charge in [-0.2, -0.15) is 0 Å². The normalized spacial score (nSPS) is 10.2. The van der Waals surface area contributed by atoms with E-state index in [0.29, 0.717) is 23.5 Å². The summed E-state index contributed by atoms with van der Waals surface area (Å²) in [6.07, 6.45) is 0. The number of aryl methyl sites for hydroxylation is 1. The van der Waals surface area contributed by atoms with Crippen molar-refractivity contribution in [3.05, 3.63) is 52.0 Å². The Morgan fingerprint density at radius 1 is 1.29 bits per heavy atom. The maximum absolute atomic E-state index is 12.2. The molecule has 0 aromatic heterocycles. The molecule has 2 aromatic carbocycles. The van der Waals surface area contributed by atoms with Crippen molar-refractivity contribution in [3.8, 4) is 5.75 Å². The number of hydrogen-bond acceptors (Lipinski definition) is 3. The van der Waals surface area contributed by atoms with Gasteiger partial charge in [0.1, 0.15) is 5.75 Å². The molecule has 0 unspecified atom stereocenters. The number of ether oxygens (including phenoxy) is 1. The lowest BCUT2D eigenvalue weighted by atomic mass is 10.1. The van der Waals surface area contributed by atoms with Gasteiger partial charge in [-0.05, 0) is 71.7 Å². The van der Waals surface area contributed by atoms with Gasteiger partial charge in [-0.1, -0.05) is 0 Å². The fourth-order valence-electron chi connectivity index (χ4n) is 1.96. The van der Waals surface area contributed by atoms with E-state index in [1.54, 1.807) is 24.3 Å². The van der Waals surface area contributed by atoms with Gasteiger partial charge in [0.2, 0.25) is 0 Å². The van der Waals surface area contributed by atoms with Crippen LogP contribution in [-0.2, 0) is 0 Å². The molecule has 0 radical (unpaired) electrons. The summed E-state index contributed by atoms with van der Waals surface area (Å²) in [7, 11) is 0. The first-order valence-corrected chi connectivity index (χ1v) is 7.40. The lowest BCUT2D eigenvalue weighted by Crippen LogP contribution is -2.13. The zero-order chi connectivity index (χ0) is 15.4. The van der Waals surface area contributed by atoms with Crippen LogP contribution in [0.15, 0.2) is 40.9 Å². The maximum atomic E-state index is 12.2. The highest BCUT2D eigenvalue weighted by Gasteiger charge is 2.11. The monoisotopic (exact) mass is 348 g/mol. The molecule has 0 spiro atoms. The van der Waals surface area contributed by atoms with Gasteiger partial charge in [-0.3, -0.25) is 4.79 Å². The third kappa shape index (κ3) is 3.76. The Balaban J connectivity index is 2.18. The first-order valence-electron chi connectivity index (χ1n) is 6.61. The SMILES string of the molecule is CCOc1ccc(C(=O)Nc2c(N)cc(C)cc2Br)cc1. The summed E-state index contributed by atoms with van der Waals surface area (Å²) in [5.74, 6) is 0.527. The van der Waals surface area contributed by atoms with Crippen molar-refractivity contribution in [2.45, 2.75) is 13.8 Å². The van der Waals surface area contributed by atoms with Crippen LogP contribution in [0.3, 0.4) is 0 Å². The second kappa shape index (κ2) is 6.63. The fraction of sp³-hybridized carbons (Fsp3) is 0.188. The first kappa shape index (κ1) is 15.4. The number of benzene rings is 2. The average Bonchev–Trinajstić information content (AvgIpc) is 2.43. The highest BCUT2D eigenvalue weighted by molar-refractivity contribution is 9.10. The second-order valence-electron chi connectivity index (χ2n) is 4.62. The van der Waals surface area contributed by atoms with Gasteiger partial charge in [-0.25, -0.2) is 0 Å². The predicted octanol–water partition coefficient (Wildman–Crippen LogP) is 3.99. The molecular formula is C16H17BrN2O2. The van der Waals surface area contributed by atoms with E-state index in [-0.39, 0.29) is 5.91 Å². The van der Waals surface area contributed by atoms with Crippen molar-refractivity contribution < 1.29 is 9.53 Å². The van der Waals surface area contributed by atoms with E-state index in [0.717, 1.165) is 15.8 Å². The molecule has 2 aromatic rings. The third-order valence-electron chi connectivity index (χ3n) is 2.93. The van der Waals surface area contributed by atoms with Crippen molar-refractivity contribution in [1.82, 2.24) is 0 Å². The minimum Gasteiger partial charge on any atom is -0.494 e. The van der Waals surface area contributed by atoms with Crippen LogP contribution >= 0.6 is 15.9 Å². The minimum absolute atomic E-state index is 0.214. The van der Waals surface area contributed by atoms with Crippen molar-refractivity contribution in [1.29, 1.82) is 0 Å². The highest BCUT2D eigenvalue weighted by atomic mass is 79.9. The molecule has 0 saturated carbocycles. The lowest BCUT2D eigenvalue weighted by Gasteiger charge is -2.12. The highest BCUT2D eigenvalue weighted by Crippen LogP contribution is 2.30. The summed E-state index contributed by atoms with van der Waals surface area (Å²) in [5.41, 5.74) is 8.63. The molecular weight excluding hydrogens is 332 g/mol. The van der Waals surface area contributed by atoms with Gasteiger partial charge in [-0.15, -0.1) is 0 Å². The Hall–Kier alpha value is -2.01. The van der Waals surface area contributed by atoms with Crippen LogP contribution < -0.4 is 15.8 Å². The molecule has 21 heavy (non-hydrogen) atoms. The van der Waals surface area contributed by atoms with Gasteiger partial charge in [0.05, 0.1) is 18.0 Å². The van der Waals surface area contributed by atoms with E-state index >= 15 is 0 Å². The minimum atomic E-state index is -0.214. The number of nitrogens with two attached hydrogens (primary N) is 1. The topological polar surface area (TPSA) is 64.3 Å². The maximum Gasteiger partial charge on any atom is 0.255 e. The van der Waals surface area contributed by atoms with Gasteiger partial charge < -0.3 is 15.8 Å². The number of rotatable bonds is 4. The Labute approximate surface area is 132 Å². The van der Waals surface area contributed by atoms with Crippen molar-refractivity contribution in [2.24, 2.45) is 0 Å². The van der Waals surface area contributed by atoms with Gasteiger partial charge in [0, 0.05) is 10.0 Å². The number of nitrogens with one attached hydrogen (secondary N) is 1. The van der Waals surface area contributed by atoms with Gasteiger partial charge >= 0.3 is 0 Å². The van der Waals surface area contributed by atoms with E-state index in [1.807, 2.05) is 26.0 Å². The number of nitrogen functional groups attached to an aromatic ring is 1. The third-order valence-corrected chi connectivity index (χ3v) is 3.56. The summed E-state index contributed by atoms with van der Waals surface area (Å²) in [4.78, 5) is 12.2. The Kier molecular flexibility index (Phi) is 4.85. The number of carbonyl (C=O) groups excluding carboxylic acids is 1. The molecule has 0 aliphatic carbocycles. The Morgan fingerprint density at radius 3 is 2.52 bits per heavy atom. The number of hydrogen-bond donors (Lipinski definition) is 2. The smallest absolute Gasteiger partial charge is 0.255 e. The average molecular weight is 349 g/mol. The quantitative estimate of drug-likeness (QED) is 0.821. The largest absolute Gasteiger partial charge is 0.494 e. The van der Waals surface area contributed by atoms with Crippen LogP contribution in [0.1, 0.15) is 22.8 Å². The van der Waals surface area contributed by atoms with Crippen LogP contribution in [0.2, 0.25) is 0 Å². The molecule has 4 nitrogen and oxygen atoms in total. The van der Waals surface area contributed by atoms with Crippen LogP contribution in [0.25, 0.3) is 0 Å². The van der Waals surface area contributed by atoms with E-state index in [1.165, 1.54) is 0 Å². The number of carbonyl (C=O) groups is 1. The Morgan fingerprint density at radius 2 is 1.95 bits per heavy atom. The zero-order valence-electron chi connectivity index (χ0n) is 11.9. The molecule has 3 N–H and O–H groups in total. The summed E-state index contributed by atoms with van der Waals surface area (Å²) in [6.45, 7) is 4.45. The molecule has 110 valence electrons. The number of halogens is 1. The molecule has 0 aliphatic heterocycles. The van der Waals surface area contributed by atoms with E-state index in [4.69, 9.17) is 10.5 Å². The van der Waals surface area contributed by atoms with Crippen molar-refractivity contribution in [3.63, 3.8) is 0 Å².